The summed E-state index contributed by atoms with van der Waals surface area (Å²) in [6.45, 7) is 6.11. The van der Waals surface area contributed by atoms with E-state index in [1.807, 2.05) is 23.6 Å². The van der Waals surface area contributed by atoms with Crippen molar-refractivity contribution in [1.82, 2.24) is 9.88 Å². The van der Waals surface area contributed by atoms with Crippen molar-refractivity contribution in [2.24, 2.45) is 0 Å². The van der Waals surface area contributed by atoms with Crippen molar-refractivity contribution in [3.63, 3.8) is 0 Å². The van der Waals surface area contributed by atoms with Crippen LogP contribution in [0.5, 0.6) is 0 Å². The lowest BCUT2D eigenvalue weighted by Gasteiger charge is -2.24. The molecule has 1 aliphatic rings. The summed E-state index contributed by atoms with van der Waals surface area (Å²) in [5, 5.41) is 0.545. The largest absolute Gasteiger partial charge is 0.459 e. The van der Waals surface area contributed by atoms with Crippen molar-refractivity contribution in [3.8, 4) is 0 Å². The minimum absolute atomic E-state index is 0.0372. The van der Waals surface area contributed by atoms with Gasteiger partial charge in [-0.05, 0) is 50.6 Å². The molecule has 1 aromatic carbocycles. The van der Waals surface area contributed by atoms with Gasteiger partial charge in [0.1, 0.15) is 11.4 Å². The first-order valence-corrected chi connectivity index (χ1v) is 9.79. The Hall–Kier alpha value is -2.60. The number of hydrogen-bond acceptors (Lipinski definition) is 5. The number of halogens is 1. The summed E-state index contributed by atoms with van der Waals surface area (Å²) < 4.78 is 5.34. The van der Waals surface area contributed by atoms with E-state index in [9.17, 15) is 9.59 Å². The summed E-state index contributed by atoms with van der Waals surface area (Å²) in [6, 6.07) is 10.4. The Kier molecular flexibility index (Phi) is 6.52. The van der Waals surface area contributed by atoms with Gasteiger partial charge < -0.3 is 14.5 Å². The second-order valence-electron chi connectivity index (χ2n) is 6.97. The number of ether oxygens (including phenoxy) is 1. The number of rotatable bonds is 4. The predicted octanol–water partition coefficient (Wildman–Crippen LogP) is 3.65. The van der Waals surface area contributed by atoms with Crippen molar-refractivity contribution < 1.29 is 14.3 Å². The van der Waals surface area contributed by atoms with Gasteiger partial charge in [0.2, 0.25) is 0 Å². The molecule has 1 aliphatic heterocycles. The van der Waals surface area contributed by atoms with Crippen molar-refractivity contribution in [3.05, 3.63) is 58.7 Å². The Bertz CT molecular complexity index is 856. The van der Waals surface area contributed by atoms with Gasteiger partial charge in [0, 0.05) is 43.0 Å². The summed E-state index contributed by atoms with van der Waals surface area (Å²) in [5.41, 5.74) is 1.03. The Labute approximate surface area is 170 Å². The van der Waals surface area contributed by atoms with Gasteiger partial charge in [-0.1, -0.05) is 17.7 Å². The molecule has 0 unspecified atom stereocenters. The number of esters is 1. The summed E-state index contributed by atoms with van der Waals surface area (Å²) in [6.07, 6.45) is 2.25. The first-order valence-electron chi connectivity index (χ1n) is 9.41. The number of aromatic nitrogens is 1. The van der Waals surface area contributed by atoms with Crippen LogP contribution in [0, 0.1) is 0 Å². The Morgan fingerprint density at radius 1 is 1.11 bits per heavy atom. The molecule has 6 nitrogen and oxygen atoms in total. The predicted molar refractivity (Wildman–Crippen MR) is 109 cm³/mol. The van der Waals surface area contributed by atoms with Crippen LogP contribution in [-0.2, 0) is 4.74 Å². The molecule has 3 rings (SSSR count). The number of amides is 1. The number of anilines is 1. The van der Waals surface area contributed by atoms with Crippen LogP contribution in [0.25, 0.3) is 0 Å². The van der Waals surface area contributed by atoms with Crippen LogP contribution in [0.1, 0.15) is 41.0 Å². The summed E-state index contributed by atoms with van der Waals surface area (Å²) in [7, 11) is 0. The van der Waals surface area contributed by atoms with Crippen LogP contribution in [0.2, 0.25) is 5.02 Å². The molecular weight excluding hydrogens is 378 g/mol. The normalized spacial score (nSPS) is 14.7. The molecule has 2 aromatic rings. The van der Waals surface area contributed by atoms with Gasteiger partial charge in [0.15, 0.2) is 0 Å². The molecule has 1 saturated heterocycles. The summed E-state index contributed by atoms with van der Waals surface area (Å²) >= 11 is 6.02. The maximum atomic E-state index is 12.8. The van der Waals surface area contributed by atoms with E-state index in [2.05, 4.69) is 4.98 Å². The lowest BCUT2D eigenvalue weighted by atomic mass is 10.2. The average molecular weight is 402 g/mol. The Morgan fingerprint density at radius 3 is 2.68 bits per heavy atom. The number of benzene rings is 1. The van der Waals surface area contributed by atoms with Crippen molar-refractivity contribution in [2.45, 2.75) is 26.4 Å². The highest BCUT2D eigenvalue weighted by Crippen LogP contribution is 2.21. The maximum Gasteiger partial charge on any atom is 0.342 e. The zero-order chi connectivity index (χ0) is 20.1. The lowest BCUT2D eigenvalue weighted by Crippen LogP contribution is -2.35. The van der Waals surface area contributed by atoms with E-state index in [-0.39, 0.29) is 18.0 Å². The fraction of sp³-hybridized carbons (Fsp3) is 0.381. The van der Waals surface area contributed by atoms with Crippen molar-refractivity contribution in [1.29, 1.82) is 0 Å². The molecule has 0 atom stereocenters. The van der Waals surface area contributed by atoms with E-state index in [1.165, 1.54) is 0 Å². The highest BCUT2D eigenvalue weighted by atomic mass is 35.5. The molecule has 0 radical (unpaired) electrons. The van der Waals surface area contributed by atoms with Gasteiger partial charge in [-0.15, -0.1) is 0 Å². The SMILES string of the molecule is CC(C)OC(=O)c1cccnc1N1CCCN(C(=O)c2cccc(Cl)c2)CC1. The van der Waals surface area contributed by atoms with E-state index in [4.69, 9.17) is 16.3 Å². The zero-order valence-corrected chi connectivity index (χ0v) is 16.9. The van der Waals surface area contributed by atoms with Crippen LogP contribution in [0.3, 0.4) is 0 Å². The number of hydrogen-bond donors (Lipinski definition) is 0. The third-order valence-electron chi connectivity index (χ3n) is 4.50. The minimum atomic E-state index is -0.380. The van der Waals surface area contributed by atoms with Gasteiger partial charge in [-0.2, -0.15) is 0 Å². The van der Waals surface area contributed by atoms with Crippen molar-refractivity contribution in [2.75, 3.05) is 31.1 Å². The second kappa shape index (κ2) is 9.06. The van der Waals surface area contributed by atoms with Crippen LogP contribution < -0.4 is 4.90 Å². The number of carbonyl (C=O) groups is 2. The minimum Gasteiger partial charge on any atom is -0.459 e. The first kappa shape index (κ1) is 20.1. The molecule has 1 aromatic heterocycles. The fourth-order valence-corrected chi connectivity index (χ4v) is 3.41. The monoisotopic (exact) mass is 401 g/mol. The quantitative estimate of drug-likeness (QED) is 0.732. The standard InChI is InChI=1S/C21H24ClN3O3/c1-15(2)28-21(27)18-8-4-9-23-19(18)24-10-5-11-25(13-12-24)20(26)16-6-3-7-17(22)14-16/h3-4,6-9,14-15H,5,10-13H2,1-2H3. The van der Waals surface area contributed by atoms with E-state index >= 15 is 0 Å². The van der Waals surface area contributed by atoms with Crippen LogP contribution in [0.4, 0.5) is 5.82 Å². The zero-order valence-electron chi connectivity index (χ0n) is 16.1. The van der Waals surface area contributed by atoms with Gasteiger partial charge in [-0.25, -0.2) is 9.78 Å². The topological polar surface area (TPSA) is 62.7 Å². The number of nitrogens with zero attached hydrogens (tertiary/aromatic N) is 3. The van der Waals surface area contributed by atoms with Gasteiger partial charge in [0.25, 0.3) is 5.91 Å². The van der Waals surface area contributed by atoms with Gasteiger partial charge in [-0.3, -0.25) is 4.79 Å². The molecule has 0 bridgehead atoms. The molecule has 0 aliphatic carbocycles. The third-order valence-corrected chi connectivity index (χ3v) is 4.74. The molecule has 1 fully saturated rings. The highest BCUT2D eigenvalue weighted by molar-refractivity contribution is 6.30. The molecule has 1 amide bonds. The molecule has 7 heteroatoms. The third kappa shape index (κ3) is 4.81. The first-order chi connectivity index (χ1) is 13.5. The fourth-order valence-electron chi connectivity index (χ4n) is 3.22. The molecule has 2 heterocycles. The summed E-state index contributed by atoms with van der Waals surface area (Å²) in [5.74, 6) is 0.184. The van der Waals surface area contributed by atoms with Crippen LogP contribution >= 0.6 is 11.6 Å². The Balaban J connectivity index is 1.74. The van der Waals surface area contributed by atoms with Gasteiger partial charge in [0.05, 0.1) is 6.10 Å². The highest BCUT2D eigenvalue weighted by Gasteiger charge is 2.24. The molecule has 28 heavy (non-hydrogen) atoms. The van der Waals surface area contributed by atoms with E-state index in [0.29, 0.717) is 48.1 Å². The smallest absolute Gasteiger partial charge is 0.342 e. The average Bonchev–Trinajstić information content (AvgIpc) is 2.93. The second-order valence-corrected chi connectivity index (χ2v) is 7.41. The van der Waals surface area contributed by atoms with Gasteiger partial charge >= 0.3 is 5.97 Å². The molecule has 148 valence electrons. The molecule has 0 saturated carbocycles. The Morgan fingerprint density at radius 2 is 1.93 bits per heavy atom. The van der Waals surface area contributed by atoms with Crippen LogP contribution in [-0.4, -0.2) is 54.0 Å². The van der Waals surface area contributed by atoms with Crippen LogP contribution in [0.15, 0.2) is 42.6 Å². The molecule has 0 N–H and O–H groups in total. The van der Waals surface area contributed by atoms with Crippen molar-refractivity contribution >= 4 is 29.3 Å². The summed E-state index contributed by atoms with van der Waals surface area (Å²) in [4.78, 5) is 33.5. The number of pyridine rings is 1. The van der Waals surface area contributed by atoms with E-state index in [1.54, 1.807) is 42.6 Å². The number of carbonyl (C=O) groups excluding carboxylic acids is 2. The molecule has 0 spiro atoms. The molecular formula is C21H24ClN3O3. The van der Waals surface area contributed by atoms with E-state index in [0.717, 1.165) is 6.42 Å². The lowest BCUT2D eigenvalue weighted by molar-refractivity contribution is 0.0378. The van der Waals surface area contributed by atoms with E-state index < -0.39 is 0 Å². The maximum absolute atomic E-state index is 12.8.